The third-order valence-corrected chi connectivity index (χ3v) is 7.83. The first kappa shape index (κ1) is 21.9. The summed E-state index contributed by atoms with van der Waals surface area (Å²) in [5.74, 6) is -1.07. The molecular formula is C23H26FN5O3S. The number of nitrogens with one attached hydrogen (secondary N) is 1. The number of likely N-dealkylation sites (tertiary alicyclic amines) is 1. The molecule has 1 saturated carbocycles. The smallest absolute Gasteiger partial charge is 0.231 e. The quantitative estimate of drug-likeness (QED) is 0.722. The average Bonchev–Trinajstić information content (AvgIpc) is 3.53. The Kier molecular flexibility index (Phi) is 6.09. The first-order valence-corrected chi connectivity index (χ1v) is 12.3. The maximum atomic E-state index is 13.2. The predicted molar refractivity (Wildman–Crippen MR) is 121 cm³/mol. The van der Waals surface area contributed by atoms with E-state index in [1.54, 1.807) is 17.0 Å². The summed E-state index contributed by atoms with van der Waals surface area (Å²) in [4.78, 5) is 41.3. The van der Waals surface area contributed by atoms with Gasteiger partial charge >= 0.3 is 0 Å². The number of carbonyl (C=O) groups excluding carboxylic acids is 3. The number of halogens is 1. The predicted octanol–water partition coefficient (Wildman–Crippen LogP) is 3.32. The number of rotatable bonds is 5. The third-order valence-electron chi connectivity index (χ3n) is 6.83. The van der Waals surface area contributed by atoms with Crippen LogP contribution in [-0.4, -0.2) is 52.0 Å². The molecule has 0 bridgehead atoms. The summed E-state index contributed by atoms with van der Waals surface area (Å²) in [5, 5.41) is 12.2. The molecule has 1 aliphatic carbocycles. The summed E-state index contributed by atoms with van der Waals surface area (Å²) in [7, 11) is 0. The fraction of sp³-hybridized carbons (Fsp3) is 0.522. The van der Waals surface area contributed by atoms with Crippen molar-refractivity contribution in [3.8, 4) is 0 Å². The van der Waals surface area contributed by atoms with Gasteiger partial charge in [-0.15, -0.1) is 10.2 Å². The summed E-state index contributed by atoms with van der Waals surface area (Å²) in [6.07, 6.45) is 6.06. The molecule has 1 aromatic carbocycles. The lowest BCUT2D eigenvalue weighted by atomic mass is 9.94. The van der Waals surface area contributed by atoms with Crippen molar-refractivity contribution in [1.29, 1.82) is 0 Å². The Labute approximate surface area is 195 Å². The van der Waals surface area contributed by atoms with E-state index >= 15 is 0 Å². The molecule has 0 radical (unpaired) electrons. The summed E-state index contributed by atoms with van der Waals surface area (Å²) in [6, 6.07) is 6.10. The van der Waals surface area contributed by atoms with Gasteiger partial charge in [0.25, 0.3) is 0 Å². The standard InChI is InChI=1S/C23H26FN5O3S/c24-16-6-8-18(9-7-16)29-13-15(11-20(29)31)22-26-27-23(33-22)25-21(32)14-10-19(30)28(12-14)17-4-2-1-3-5-17/h6-9,14-15,17H,1-5,10-13H2,(H,25,27,32). The van der Waals surface area contributed by atoms with Gasteiger partial charge in [-0.2, -0.15) is 0 Å². The molecule has 2 unspecified atom stereocenters. The molecule has 3 heterocycles. The van der Waals surface area contributed by atoms with E-state index in [0.29, 0.717) is 28.9 Å². The number of hydrogen-bond donors (Lipinski definition) is 1. The minimum atomic E-state index is -0.381. The van der Waals surface area contributed by atoms with Crippen molar-refractivity contribution in [1.82, 2.24) is 15.1 Å². The van der Waals surface area contributed by atoms with Crippen LogP contribution in [0.1, 0.15) is 55.9 Å². The van der Waals surface area contributed by atoms with Crippen LogP contribution in [0, 0.1) is 11.7 Å². The van der Waals surface area contributed by atoms with Gasteiger partial charge in [0.05, 0.1) is 5.92 Å². The lowest BCUT2D eigenvalue weighted by Crippen LogP contribution is -2.38. The Bertz CT molecular complexity index is 1050. The zero-order valence-corrected chi connectivity index (χ0v) is 19.0. The van der Waals surface area contributed by atoms with Crippen LogP contribution in [0.5, 0.6) is 0 Å². The van der Waals surface area contributed by atoms with Gasteiger partial charge in [-0.25, -0.2) is 4.39 Å². The Morgan fingerprint density at radius 3 is 2.52 bits per heavy atom. The largest absolute Gasteiger partial charge is 0.339 e. The van der Waals surface area contributed by atoms with Gasteiger partial charge in [0.15, 0.2) is 0 Å². The van der Waals surface area contributed by atoms with Gasteiger partial charge in [-0.3, -0.25) is 14.4 Å². The number of amides is 3. The van der Waals surface area contributed by atoms with Gasteiger partial charge < -0.3 is 15.1 Å². The Morgan fingerprint density at radius 2 is 1.76 bits per heavy atom. The normalized spacial score (nSPS) is 24.0. The molecule has 3 amide bonds. The summed E-state index contributed by atoms with van der Waals surface area (Å²) >= 11 is 1.26. The lowest BCUT2D eigenvalue weighted by Gasteiger charge is -2.31. The molecule has 8 nitrogen and oxygen atoms in total. The number of anilines is 2. The fourth-order valence-electron chi connectivity index (χ4n) is 5.05. The molecule has 2 saturated heterocycles. The van der Waals surface area contributed by atoms with Gasteiger partial charge in [0.2, 0.25) is 22.9 Å². The number of nitrogens with zero attached hydrogens (tertiary/aromatic N) is 4. The van der Waals surface area contributed by atoms with E-state index in [1.165, 1.54) is 29.9 Å². The zero-order chi connectivity index (χ0) is 22.9. The van der Waals surface area contributed by atoms with Crippen molar-refractivity contribution in [2.45, 2.75) is 56.9 Å². The van der Waals surface area contributed by atoms with Crippen LogP contribution >= 0.6 is 11.3 Å². The molecule has 2 aromatic rings. The molecule has 2 aliphatic heterocycles. The van der Waals surface area contributed by atoms with E-state index < -0.39 is 0 Å². The minimum Gasteiger partial charge on any atom is -0.339 e. The summed E-state index contributed by atoms with van der Waals surface area (Å²) in [6.45, 7) is 0.894. The number of benzene rings is 1. The number of carbonyl (C=O) groups is 3. The molecule has 2 atom stereocenters. The first-order valence-electron chi connectivity index (χ1n) is 11.5. The molecule has 1 aromatic heterocycles. The fourth-order valence-corrected chi connectivity index (χ4v) is 5.89. The molecule has 1 N–H and O–H groups in total. The van der Waals surface area contributed by atoms with E-state index in [1.807, 2.05) is 4.90 Å². The van der Waals surface area contributed by atoms with Gasteiger partial charge in [0.1, 0.15) is 10.8 Å². The van der Waals surface area contributed by atoms with Crippen LogP contribution in [0.15, 0.2) is 24.3 Å². The van der Waals surface area contributed by atoms with E-state index in [-0.39, 0.29) is 54.3 Å². The summed E-state index contributed by atoms with van der Waals surface area (Å²) < 4.78 is 13.2. The van der Waals surface area contributed by atoms with Crippen LogP contribution in [0.4, 0.5) is 15.2 Å². The molecule has 3 aliphatic rings. The highest BCUT2D eigenvalue weighted by atomic mass is 32.1. The molecule has 10 heteroatoms. The molecule has 5 rings (SSSR count). The molecule has 174 valence electrons. The third kappa shape index (κ3) is 4.62. The maximum Gasteiger partial charge on any atom is 0.231 e. The van der Waals surface area contributed by atoms with E-state index in [4.69, 9.17) is 0 Å². The molecule has 33 heavy (non-hydrogen) atoms. The van der Waals surface area contributed by atoms with E-state index in [0.717, 1.165) is 25.7 Å². The molecule has 3 fully saturated rings. The van der Waals surface area contributed by atoms with Crippen LogP contribution in [0.25, 0.3) is 0 Å². The van der Waals surface area contributed by atoms with Crippen LogP contribution in [0.2, 0.25) is 0 Å². The Balaban J connectivity index is 1.19. The van der Waals surface area contributed by atoms with Crippen LogP contribution in [0.3, 0.4) is 0 Å². The maximum absolute atomic E-state index is 13.2. The van der Waals surface area contributed by atoms with Crippen LogP contribution < -0.4 is 10.2 Å². The van der Waals surface area contributed by atoms with Gasteiger partial charge in [-0.05, 0) is 37.1 Å². The van der Waals surface area contributed by atoms with E-state index in [2.05, 4.69) is 15.5 Å². The Morgan fingerprint density at radius 1 is 1.00 bits per heavy atom. The highest BCUT2D eigenvalue weighted by molar-refractivity contribution is 7.15. The zero-order valence-electron chi connectivity index (χ0n) is 18.2. The topological polar surface area (TPSA) is 95.5 Å². The molecular weight excluding hydrogens is 445 g/mol. The second-order valence-electron chi connectivity index (χ2n) is 9.06. The highest BCUT2D eigenvalue weighted by Crippen LogP contribution is 2.35. The van der Waals surface area contributed by atoms with Crippen molar-refractivity contribution in [3.63, 3.8) is 0 Å². The minimum absolute atomic E-state index is 0.0559. The molecule has 0 spiro atoms. The van der Waals surface area contributed by atoms with Crippen molar-refractivity contribution in [2.75, 3.05) is 23.3 Å². The van der Waals surface area contributed by atoms with Crippen molar-refractivity contribution in [3.05, 3.63) is 35.1 Å². The van der Waals surface area contributed by atoms with Crippen molar-refractivity contribution in [2.24, 2.45) is 5.92 Å². The van der Waals surface area contributed by atoms with Gasteiger partial charge in [-0.1, -0.05) is 30.6 Å². The van der Waals surface area contributed by atoms with Gasteiger partial charge in [0, 0.05) is 43.6 Å². The van der Waals surface area contributed by atoms with Crippen molar-refractivity contribution >= 4 is 39.9 Å². The average molecular weight is 472 g/mol. The van der Waals surface area contributed by atoms with Crippen LogP contribution in [-0.2, 0) is 14.4 Å². The Hall–Kier alpha value is -2.88. The SMILES string of the molecule is O=C(Nc1nnc(C2CC(=O)N(c3ccc(F)cc3)C2)s1)C1CC(=O)N(C2CCCCC2)C1. The van der Waals surface area contributed by atoms with Crippen molar-refractivity contribution < 1.29 is 18.8 Å². The number of aromatic nitrogens is 2. The summed E-state index contributed by atoms with van der Waals surface area (Å²) in [5.41, 5.74) is 0.648. The first-order chi connectivity index (χ1) is 16.0. The number of hydrogen-bond acceptors (Lipinski definition) is 6. The lowest BCUT2D eigenvalue weighted by molar-refractivity contribution is -0.130. The second-order valence-corrected chi connectivity index (χ2v) is 10.1. The highest BCUT2D eigenvalue weighted by Gasteiger charge is 2.39. The second kappa shape index (κ2) is 9.17. The monoisotopic (exact) mass is 471 g/mol. The van der Waals surface area contributed by atoms with E-state index in [9.17, 15) is 18.8 Å².